The number of aromatic nitrogens is 1. The van der Waals surface area contributed by atoms with Crippen LogP contribution >= 0.6 is 27.3 Å². The molecule has 0 radical (unpaired) electrons. The number of anilines is 1. The first-order chi connectivity index (χ1) is 12.1. The van der Waals surface area contributed by atoms with E-state index >= 15 is 0 Å². The molecule has 0 aliphatic heterocycles. The van der Waals surface area contributed by atoms with Gasteiger partial charge in [-0.15, -0.1) is 0 Å². The second-order valence-electron chi connectivity index (χ2n) is 5.27. The van der Waals surface area contributed by atoms with Crippen molar-refractivity contribution >= 4 is 48.5 Å². The molecule has 5 nitrogen and oxygen atoms in total. The van der Waals surface area contributed by atoms with E-state index in [1.165, 1.54) is 11.3 Å². The lowest BCUT2D eigenvalue weighted by Gasteiger charge is -2.10. The van der Waals surface area contributed by atoms with Gasteiger partial charge in [-0.05, 0) is 42.3 Å². The molecule has 130 valence electrons. The van der Waals surface area contributed by atoms with Gasteiger partial charge in [0.15, 0.2) is 11.7 Å². The van der Waals surface area contributed by atoms with E-state index in [1.807, 2.05) is 43.3 Å². The maximum absolute atomic E-state index is 12.2. The van der Waals surface area contributed by atoms with Gasteiger partial charge in [0.2, 0.25) is 0 Å². The topological polar surface area (TPSA) is 60.5 Å². The highest BCUT2D eigenvalue weighted by molar-refractivity contribution is 9.10. The third kappa shape index (κ3) is 4.11. The number of thiazole rings is 1. The van der Waals surface area contributed by atoms with Gasteiger partial charge in [-0.3, -0.25) is 10.1 Å². The second-order valence-corrected chi connectivity index (χ2v) is 7.21. The van der Waals surface area contributed by atoms with E-state index < -0.39 is 0 Å². The number of hydrogen-bond donors (Lipinski definition) is 1. The molecule has 25 heavy (non-hydrogen) atoms. The molecule has 7 heteroatoms. The Morgan fingerprint density at radius 1 is 1.28 bits per heavy atom. The number of amides is 1. The molecular weight excluding hydrogens is 404 g/mol. The molecule has 0 saturated heterocycles. The van der Waals surface area contributed by atoms with Gasteiger partial charge in [0.1, 0.15) is 17.0 Å². The Morgan fingerprint density at radius 2 is 2.12 bits per heavy atom. The third-order valence-corrected chi connectivity index (χ3v) is 5.04. The Bertz CT molecular complexity index is 910. The monoisotopic (exact) mass is 420 g/mol. The van der Waals surface area contributed by atoms with Crippen molar-refractivity contribution in [1.82, 2.24) is 4.98 Å². The number of fused-ring (bicyclic) bond motifs is 1. The van der Waals surface area contributed by atoms with E-state index in [9.17, 15) is 4.79 Å². The Kier molecular flexibility index (Phi) is 5.55. The van der Waals surface area contributed by atoms with E-state index in [0.29, 0.717) is 16.6 Å². The Morgan fingerprint density at radius 3 is 2.88 bits per heavy atom. The zero-order valence-electron chi connectivity index (χ0n) is 13.8. The lowest BCUT2D eigenvalue weighted by molar-refractivity contribution is -0.118. The van der Waals surface area contributed by atoms with Crippen LogP contribution in [-0.4, -0.2) is 24.6 Å². The normalized spacial score (nSPS) is 10.7. The summed E-state index contributed by atoms with van der Waals surface area (Å²) in [5.74, 6) is 1.16. The average molecular weight is 421 g/mol. The second kappa shape index (κ2) is 7.84. The maximum Gasteiger partial charge on any atom is 0.264 e. The highest BCUT2D eigenvalue weighted by Gasteiger charge is 2.12. The summed E-state index contributed by atoms with van der Waals surface area (Å²) in [5.41, 5.74) is 1.79. The molecule has 0 aliphatic rings. The van der Waals surface area contributed by atoms with Gasteiger partial charge in [0.25, 0.3) is 5.91 Å². The fraction of sp³-hybridized carbons (Fsp3) is 0.222. The van der Waals surface area contributed by atoms with Gasteiger partial charge in [-0.1, -0.05) is 40.3 Å². The molecule has 0 bridgehead atoms. The minimum atomic E-state index is -0.247. The number of methoxy groups -OCH3 is 1. The number of aryl methyl sites for hydroxylation is 1. The van der Waals surface area contributed by atoms with Crippen LogP contribution in [0.2, 0.25) is 0 Å². The van der Waals surface area contributed by atoms with Crippen LogP contribution in [0.3, 0.4) is 0 Å². The average Bonchev–Trinajstić information content (AvgIpc) is 3.02. The zero-order chi connectivity index (χ0) is 17.8. The highest BCUT2D eigenvalue weighted by Crippen LogP contribution is 2.32. The Hall–Kier alpha value is -2.12. The summed E-state index contributed by atoms with van der Waals surface area (Å²) in [6, 6.07) is 11.4. The number of nitrogens with zero attached hydrogens (tertiary/aromatic N) is 1. The SMILES string of the molecule is CCc1cc(Br)ccc1OCC(=O)Nc1nc2c(OC)cccc2s1. The molecule has 0 spiro atoms. The number of para-hydroxylation sites is 1. The van der Waals surface area contributed by atoms with Crippen LogP contribution < -0.4 is 14.8 Å². The van der Waals surface area contributed by atoms with E-state index in [0.717, 1.165) is 26.7 Å². The first-order valence-electron chi connectivity index (χ1n) is 7.75. The van der Waals surface area contributed by atoms with Gasteiger partial charge in [0.05, 0.1) is 11.8 Å². The van der Waals surface area contributed by atoms with Gasteiger partial charge in [-0.2, -0.15) is 0 Å². The molecule has 3 rings (SSSR count). The number of hydrogen-bond acceptors (Lipinski definition) is 5. The third-order valence-electron chi connectivity index (χ3n) is 3.61. The first-order valence-corrected chi connectivity index (χ1v) is 9.36. The van der Waals surface area contributed by atoms with Crippen LogP contribution in [0.25, 0.3) is 10.2 Å². The van der Waals surface area contributed by atoms with Crippen LogP contribution in [0.4, 0.5) is 5.13 Å². The Labute approximate surface area is 158 Å². The molecular formula is C18H17BrN2O3S. The summed E-state index contributed by atoms with van der Waals surface area (Å²) in [6.45, 7) is 1.98. The molecule has 2 aromatic carbocycles. The predicted molar refractivity (Wildman–Crippen MR) is 104 cm³/mol. The largest absolute Gasteiger partial charge is 0.494 e. The summed E-state index contributed by atoms with van der Waals surface area (Å²) in [6.07, 6.45) is 0.827. The van der Waals surface area contributed by atoms with Crippen LogP contribution in [-0.2, 0) is 11.2 Å². The fourth-order valence-corrected chi connectivity index (χ4v) is 3.71. The van der Waals surface area contributed by atoms with E-state index in [-0.39, 0.29) is 12.5 Å². The molecule has 0 aliphatic carbocycles. The number of halogens is 1. The minimum Gasteiger partial charge on any atom is -0.494 e. The molecule has 3 aromatic rings. The number of nitrogens with one attached hydrogen (secondary N) is 1. The quantitative estimate of drug-likeness (QED) is 0.630. The van der Waals surface area contributed by atoms with E-state index in [4.69, 9.17) is 9.47 Å². The van der Waals surface area contributed by atoms with Crippen molar-refractivity contribution in [3.63, 3.8) is 0 Å². The summed E-state index contributed by atoms with van der Waals surface area (Å²) in [7, 11) is 1.60. The van der Waals surface area contributed by atoms with Crippen molar-refractivity contribution in [1.29, 1.82) is 0 Å². The Balaban J connectivity index is 1.67. The summed E-state index contributed by atoms with van der Waals surface area (Å²) < 4.78 is 12.9. The van der Waals surface area contributed by atoms with Crippen LogP contribution in [0, 0.1) is 0 Å². The predicted octanol–water partition coefficient (Wildman–Crippen LogP) is 4.65. The lowest BCUT2D eigenvalue weighted by atomic mass is 10.1. The van der Waals surface area contributed by atoms with Crippen molar-refractivity contribution < 1.29 is 14.3 Å². The van der Waals surface area contributed by atoms with Gasteiger partial charge in [0, 0.05) is 4.47 Å². The maximum atomic E-state index is 12.2. The van der Waals surface area contributed by atoms with E-state index in [1.54, 1.807) is 7.11 Å². The number of carbonyl (C=O) groups is 1. The van der Waals surface area contributed by atoms with Crippen molar-refractivity contribution in [3.05, 3.63) is 46.4 Å². The molecule has 1 amide bonds. The first kappa shape index (κ1) is 17.7. The number of carbonyl (C=O) groups excluding carboxylic acids is 1. The number of benzene rings is 2. The van der Waals surface area contributed by atoms with Crippen LogP contribution in [0.5, 0.6) is 11.5 Å². The summed E-state index contributed by atoms with van der Waals surface area (Å²) in [4.78, 5) is 16.6. The van der Waals surface area contributed by atoms with Crippen molar-refractivity contribution in [3.8, 4) is 11.5 Å². The zero-order valence-corrected chi connectivity index (χ0v) is 16.2. The van der Waals surface area contributed by atoms with E-state index in [2.05, 4.69) is 26.2 Å². The number of ether oxygens (including phenoxy) is 2. The molecule has 1 heterocycles. The summed E-state index contributed by atoms with van der Waals surface area (Å²) >= 11 is 4.84. The molecule has 0 unspecified atom stereocenters. The van der Waals surface area contributed by atoms with Crippen molar-refractivity contribution in [2.24, 2.45) is 0 Å². The minimum absolute atomic E-state index is 0.0678. The lowest BCUT2D eigenvalue weighted by Crippen LogP contribution is -2.20. The van der Waals surface area contributed by atoms with Crippen LogP contribution in [0.1, 0.15) is 12.5 Å². The number of rotatable bonds is 6. The molecule has 0 fully saturated rings. The highest BCUT2D eigenvalue weighted by atomic mass is 79.9. The van der Waals surface area contributed by atoms with Crippen molar-refractivity contribution in [2.75, 3.05) is 19.0 Å². The van der Waals surface area contributed by atoms with Gasteiger partial charge >= 0.3 is 0 Å². The molecule has 1 N–H and O–H groups in total. The van der Waals surface area contributed by atoms with Crippen molar-refractivity contribution in [2.45, 2.75) is 13.3 Å². The van der Waals surface area contributed by atoms with Gasteiger partial charge in [-0.25, -0.2) is 4.98 Å². The summed E-state index contributed by atoms with van der Waals surface area (Å²) in [5, 5.41) is 3.31. The van der Waals surface area contributed by atoms with Crippen LogP contribution in [0.15, 0.2) is 40.9 Å². The fourth-order valence-electron chi connectivity index (χ4n) is 2.41. The molecule has 0 atom stereocenters. The van der Waals surface area contributed by atoms with Gasteiger partial charge < -0.3 is 9.47 Å². The smallest absolute Gasteiger partial charge is 0.264 e. The molecule has 0 saturated carbocycles. The standard InChI is InChI=1S/C18H17BrN2O3S/c1-3-11-9-12(19)7-8-13(11)24-10-16(22)20-18-21-17-14(23-2)5-4-6-15(17)25-18/h4-9H,3,10H2,1-2H3,(H,20,21,22). The molecule has 1 aromatic heterocycles.